The first-order valence-electron chi connectivity index (χ1n) is 8.89. The van der Waals surface area contributed by atoms with Gasteiger partial charge in [0, 0.05) is 17.7 Å². The molecule has 0 aliphatic rings. The fraction of sp³-hybridized carbons (Fsp3) is 0.350. The number of nitrogens with one attached hydrogen (secondary N) is 2. The molecule has 2 N–H and O–H groups in total. The normalized spacial score (nSPS) is 12.2. The minimum absolute atomic E-state index is 0.0210. The Labute approximate surface area is 167 Å². The van der Waals surface area contributed by atoms with Gasteiger partial charge < -0.3 is 10.3 Å². The van der Waals surface area contributed by atoms with Crippen molar-refractivity contribution < 1.29 is 9.59 Å². The molecule has 27 heavy (non-hydrogen) atoms. The summed E-state index contributed by atoms with van der Waals surface area (Å²) in [5, 5.41) is 3.05. The van der Waals surface area contributed by atoms with Gasteiger partial charge in [-0.15, -0.1) is 11.3 Å². The molecule has 142 valence electrons. The number of aromatic amines is 1. The van der Waals surface area contributed by atoms with E-state index in [4.69, 9.17) is 0 Å². The molecule has 0 aliphatic heterocycles. The maximum absolute atomic E-state index is 12.4. The number of imidazole rings is 1. The topological polar surface area (TPSA) is 74.8 Å². The Balaban J connectivity index is 1.63. The van der Waals surface area contributed by atoms with Crippen molar-refractivity contribution in [2.45, 2.75) is 32.2 Å². The van der Waals surface area contributed by atoms with Crippen molar-refractivity contribution in [2.24, 2.45) is 0 Å². The zero-order chi connectivity index (χ0) is 19.2. The van der Waals surface area contributed by atoms with Crippen molar-refractivity contribution in [3.63, 3.8) is 0 Å². The zero-order valence-electron chi connectivity index (χ0n) is 15.5. The number of benzene rings is 1. The van der Waals surface area contributed by atoms with Gasteiger partial charge in [0.25, 0.3) is 0 Å². The van der Waals surface area contributed by atoms with Gasteiger partial charge in [-0.05, 0) is 49.6 Å². The van der Waals surface area contributed by atoms with E-state index in [1.54, 1.807) is 11.8 Å². The largest absolute Gasteiger partial charge is 0.346 e. The molecule has 0 aliphatic carbocycles. The molecule has 2 aromatic heterocycles. The Morgan fingerprint density at radius 3 is 2.74 bits per heavy atom. The van der Waals surface area contributed by atoms with Crippen LogP contribution in [0.4, 0.5) is 0 Å². The molecule has 0 fully saturated rings. The lowest BCUT2D eigenvalue weighted by Crippen LogP contribution is -2.30. The highest BCUT2D eigenvalue weighted by molar-refractivity contribution is 7.98. The smallest absolute Gasteiger partial charge is 0.221 e. The van der Waals surface area contributed by atoms with Gasteiger partial charge in [0.15, 0.2) is 5.78 Å². The molecule has 0 saturated heterocycles. The molecule has 0 bridgehead atoms. The van der Waals surface area contributed by atoms with Crippen molar-refractivity contribution in [3.05, 3.63) is 52.0 Å². The molecular formula is C20H23N3O2S2. The Hall–Kier alpha value is -2.12. The van der Waals surface area contributed by atoms with Gasteiger partial charge in [-0.25, -0.2) is 4.98 Å². The molecule has 0 saturated carbocycles. The number of H-pyrrole nitrogens is 1. The molecule has 1 aromatic carbocycles. The first kappa shape index (κ1) is 19.6. The van der Waals surface area contributed by atoms with Gasteiger partial charge in [-0.1, -0.05) is 12.1 Å². The second kappa shape index (κ2) is 9.19. The number of amides is 1. The number of aryl methyl sites for hydroxylation is 1. The molecule has 7 heteroatoms. The predicted octanol–water partition coefficient (Wildman–Crippen LogP) is 4.51. The minimum atomic E-state index is -0.184. The molecule has 5 nitrogen and oxygen atoms in total. The number of thioether (sulfide) groups is 1. The highest BCUT2D eigenvalue weighted by atomic mass is 32.2. The number of aromatic nitrogens is 2. The quantitative estimate of drug-likeness (QED) is 0.518. The third kappa shape index (κ3) is 5.20. The van der Waals surface area contributed by atoms with E-state index < -0.39 is 0 Å². The number of fused-ring (bicyclic) bond motifs is 1. The van der Waals surface area contributed by atoms with Crippen LogP contribution in [0.1, 0.15) is 45.7 Å². The van der Waals surface area contributed by atoms with E-state index in [0.29, 0.717) is 0 Å². The summed E-state index contributed by atoms with van der Waals surface area (Å²) in [7, 11) is 0. The SMILES string of the molecule is CSCC[C@H](NC(=O)CCC(=O)c1ccc(C)s1)c1nc2ccccc2[nH]1. The number of thiophene rings is 1. The fourth-order valence-electron chi connectivity index (χ4n) is 2.85. The van der Waals surface area contributed by atoms with Crippen LogP contribution in [-0.4, -0.2) is 33.7 Å². The summed E-state index contributed by atoms with van der Waals surface area (Å²) in [6.45, 7) is 1.97. The lowest BCUT2D eigenvalue weighted by molar-refractivity contribution is -0.121. The molecule has 0 unspecified atom stereocenters. The monoisotopic (exact) mass is 401 g/mol. The number of hydrogen-bond acceptors (Lipinski definition) is 5. The number of Topliss-reactive ketones (excluding diaryl/α,β-unsaturated/α-hetero) is 1. The first-order valence-corrected chi connectivity index (χ1v) is 11.1. The summed E-state index contributed by atoms with van der Waals surface area (Å²) in [4.78, 5) is 34.4. The average Bonchev–Trinajstić information content (AvgIpc) is 3.29. The van der Waals surface area contributed by atoms with Crippen LogP contribution in [0.25, 0.3) is 11.0 Å². The third-order valence-corrected chi connectivity index (χ3v) is 5.96. The fourth-order valence-corrected chi connectivity index (χ4v) is 4.16. The van der Waals surface area contributed by atoms with Crippen LogP contribution in [0.3, 0.4) is 0 Å². The summed E-state index contributed by atoms with van der Waals surface area (Å²) in [6, 6.07) is 11.4. The third-order valence-electron chi connectivity index (χ3n) is 4.28. The molecule has 2 heterocycles. The van der Waals surface area contributed by atoms with Crippen molar-refractivity contribution in [2.75, 3.05) is 12.0 Å². The van der Waals surface area contributed by atoms with E-state index in [2.05, 4.69) is 15.3 Å². The number of hydrogen-bond donors (Lipinski definition) is 2. The van der Waals surface area contributed by atoms with Gasteiger partial charge in [-0.2, -0.15) is 11.8 Å². The first-order chi connectivity index (χ1) is 13.1. The van der Waals surface area contributed by atoms with Crippen molar-refractivity contribution in [1.82, 2.24) is 15.3 Å². The van der Waals surface area contributed by atoms with Crippen LogP contribution in [0.15, 0.2) is 36.4 Å². The minimum Gasteiger partial charge on any atom is -0.346 e. The standard InChI is InChI=1S/C20H23N3O2S2/c1-13-7-9-18(27-13)17(24)8-10-19(25)21-16(11-12-26-2)20-22-14-5-3-4-6-15(14)23-20/h3-7,9,16H,8,10-12H2,1-2H3,(H,21,25)(H,22,23)/t16-/m0/s1. The number of ketones is 1. The van der Waals surface area contributed by atoms with E-state index in [1.807, 2.05) is 49.6 Å². The summed E-state index contributed by atoms with van der Waals surface area (Å²) in [6.07, 6.45) is 3.23. The van der Waals surface area contributed by atoms with Crippen molar-refractivity contribution in [3.8, 4) is 0 Å². The molecule has 3 rings (SSSR count). The molecule has 1 amide bonds. The number of para-hydroxylation sites is 2. The Morgan fingerprint density at radius 1 is 1.22 bits per heavy atom. The maximum atomic E-state index is 12.4. The van der Waals surface area contributed by atoms with Crippen LogP contribution in [0.2, 0.25) is 0 Å². The molecule has 3 aromatic rings. The van der Waals surface area contributed by atoms with Gasteiger partial charge in [0.2, 0.25) is 5.91 Å². The van der Waals surface area contributed by atoms with Gasteiger partial charge >= 0.3 is 0 Å². The highest BCUT2D eigenvalue weighted by Crippen LogP contribution is 2.21. The predicted molar refractivity (Wildman–Crippen MR) is 113 cm³/mol. The van der Waals surface area contributed by atoms with Crippen LogP contribution in [0.5, 0.6) is 0 Å². The van der Waals surface area contributed by atoms with Gasteiger partial charge in [0.1, 0.15) is 5.82 Å². The molecular weight excluding hydrogens is 378 g/mol. The molecule has 0 radical (unpaired) electrons. The Morgan fingerprint density at radius 2 is 2.04 bits per heavy atom. The number of nitrogens with zero attached hydrogens (tertiary/aromatic N) is 1. The Bertz CT molecular complexity index is 899. The van der Waals surface area contributed by atoms with E-state index in [9.17, 15) is 9.59 Å². The molecule has 1 atom stereocenters. The van der Waals surface area contributed by atoms with Crippen LogP contribution in [0, 0.1) is 6.92 Å². The number of carbonyl (C=O) groups excluding carboxylic acids is 2. The average molecular weight is 402 g/mol. The summed E-state index contributed by atoms with van der Waals surface area (Å²) in [5.41, 5.74) is 1.85. The summed E-state index contributed by atoms with van der Waals surface area (Å²) >= 11 is 3.20. The van der Waals surface area contributed by atoms with E-state index >= 15 is 0 Å². The van der Waals surface area contributed by atoms with Crippen molar-refractivity contribution in [1.29, 1.82) is 0 Å². The number of carbonyl (C=O) groups is 2. The molecule has 0 spiro atoms. The number of rotatable bonds is 9. The summed E-state index contributed by atoms with van der Waals surface area (Å²) < 4.78 is 0. The zero-order valence-corrected chi connectivity index (χ0v) is 17.1. The summed E-state index contributed by atoms with van der Waals surface area (Å²) in [5.74, 6) is 1.57. The van der Waals surface area contributed by atoms with Crippen LogP contribution >= 0.6 is 23.1 Å². The van der Waals surface area contributed by atoms with Crippen molar-refractivity contribution >= 4 is 45.8 Å². The van der Waals surface area contributed by atoms with Gasteiger partial charge in [-0.3, -0.25) is 9.59 Å². The lowest BCUT2D eigenvalue weighted by atomic mass is 10.1. The van der Waals surface area contributed by atoms with Crippen LogP contribution in [-0.2, 0) is 4.79 Å². The second-order valence-corrected chi connectivity index (χ2v) is 8.65. The van der Waals surface area contributed by atoms with Crippen LogP contribution < -0.4 is 5.32 Å². The van der Waals surface area contributed by atoms with E-state index in [1.165, 1.54) is 11.3 Å². The Kier molecular flexibility index (Phi) is 6.68. The van der Waals surface area contributed by atoms with E-state index in [-0.39, 0.29) is 30.6 Å². The van der Waals surface area contributed by atoms with E-state index in [0.717, 1.165) is 38.8 Å². The second-order valence-electron chi connectivity index (χ2n) is 6.37. The lowest BCUT2D eigenvalue weighted by Gasteiger charge is -2.16. The maximum Gasteiger partial charge on any atom is 0.221 e. The van der Waals surface area contributed by atoms with Gasteiger partial charge in [0.05, 0.1) is 22.0 Å². The highest BCUT2D eigenvalue weighted by Gasteiger charge is 2.19.